The molecule has 1 unspecified atom stereocenters. The zero-order valence-corrected chi connectivity index (χ0v) is 11.5. The van der Waals surface area contributed by atoms with E-state index < -0.39 is 0 Å². The summed E-state index contributed by atoms with van der Waals surface area (Å²) >= 11 is 1.97. The third-order valence-corrected chi connectivity index (χ3v) is 4.91. The maximum atomic E-state index is 4.23. The average molecular weight is 258 g/mol. The van der Waals surface area contributed by atoms with Crippen LogP contribution in [0.15, 0.2) is 30.6 Å². The van der Waals surface area contributed by atoms with Crippen LogP contribution in [0.1, 0.15) is 39.8 Å². The van der Waals surface area contributed by atoms with Crippen molar-refractivity contribution in [3.8, 4) is 0 Å². The van der Waals surface area contributed by atoms with E-state index >= 15 is 0 Å². The Balaban J connectivity index is 1.94. The summed E-state index contributed by atoms with van der Waals surface area (Å²) in [6.07, 6.45) is 9.01. The number of fused-ring (bicyclic) bond motifs is 1. The standard InChI is InChI=1S/C15H18N2S/c1-16-15(12-6-4-8-17-10-12)14-9-11-5-2-3-7-13(11)18-14/h4,6,8-10,15-16H,2-3,5,7H2,1H3. The highest BCUT2D eigenvalue weighted by Gasteiger charge is 2.19. The van der Waals surface area contributed by atoms with Gasteiger partial charge in [0.25, 0.3) is 0 Å². The molecule has 3 rings (SSSR count). The third kappa shape index (κ3) is 2.20. The number of pyridine rings is 1. The van der Waals surface area contributed by atoms with Gasteiger partial charge < -0.3 is 5.32 Å². The second kappa shape index (κ2) is 5.21. The Morgan fingerprint density at radius 2 is 2.22 bits per heavy atom. The van der Waals surface area contributed by atoms with Crippen LogP contribution >= 0.6 is 11.3 Å². The fraction of sp³-hybridized carbons (Fsp3) is 0.400. The molecule has 18 heavy (non-hydrogen) atoms. The van der Waals surface area contributed by atoms with Gasteiger partial charge in [-0.05, 0) is 56.0 Å². The first-order valence-corrected chi connectivity index (χ1v) is 7.39. The Morgan fingerprint density at radius 3 is 2.94 bits per heavy atom. The average Bonchev–Trinajstić information content (AvgIpc) is 2.84. The molecule has 2 aromatic rings. The van der Waals surface area contributed by atoms with Crippen molar-refractivity contribution in [3.63, 3.8) is 0 Å². The van der Waals surface area contributed by atoms with Crippen molar-refractivity contribution in [2.24, 2.45) is 0 Å². The number of hydrogen-bond acceptors (Lipinski definition) is 3. The normalized spacial score (nSPS) is 16.3. The van der Waals surface area contributed by atoms with Crippen LogP contribution in [0.2, 0.25) is 0 Å². The van der Waals surface area contributed by atoms with Crippen LogP contribution in [-0.2, 0) is 12.8 Å². The van der Waals surface area contributed by atoms with Gasteiger partial charge in [-0.2, -0.15) is 0 Å². The van der Waals surface area contributed by atoms with Crippen LogP contribution in [0.5, 0.6) is 0 Å². The molecular formula is C15H18N2S. The molecule has 1 atom stereocenters. The summed E-state index contributed by atoms with van der Waals surface area (Å²) in [4.78, 5) is 7.25. The van der Waals surface area contributed by atoms with E-state index in [0.29, 0.717) is 0 Å². The van der Waals surface area contributed by atoms with E-state index in [-0.39, 0.29) is 6.04 Å². The molecule has 0 saturated carbocycles. The number of hydrogen-bond donors (Lipinski definition) is 1. The molecule has 0 bridgehead atoms. The summed E-state index contributed by atoms with van der Waals surface area (Å²) < 4.78 is 0. The summed E-state index contributed by atoms with van der Waals surface area (Å²) in [6.45, 7) is 0. The monoisotopic (exact) mass is 258 g/mol. The predicted octanol–water partition coefficient (Wildman–Crippen LogP) is 3.33. The lowest BCUT2D eigenvalue weighted by atomic mass is 9.98. The Hall–Kier alpha value is -1.19. The van der Waals surface area contributed by atoms with Crippen LogP contribution < -0.4 is 5.32 Å². The molecule has 94 valence electrons. The molecule has 1 aliphatic rings. The maximum absolute atomic E-state index is 4.23. The Morgan fingerprint density at radius 1 is 1.33 bits per heavy atom. The van der Waals surface area contributed by atoms with Crippen molar-refractivity contribution in [2.45, 2.75) is 31.7 Å². The first-order chi connectivity index (χ1) is 8.88. The smallest absolute Gasteiger partial charge is 0.0683 e. The van der Waals surface area contributed by atoms with Crippen LogP contribution in [0.3, 0.4) is 0 Å². The van der Waals surface area contributed by atoms with E-state index in [1.54, 1.807) is 10.4 Å². The molecule has 0 aromatic carbocycles. The van der Waals surface area contributed by atoms with Crippen molar-refractivity contribution >= 4 is 11.3 Å². The number of rotatable bonds is 3. The highest BCUT2D eigenvalue weighted by atomic mass is 32.1. The predicted molar refractivity (Wildman–Crippen MR) is 76.1 cm³/mol. The van der Waals surface area contributed by atoms with Crippen LogP contribution in [0.4, 0.5) is 0 Å². The zero-order chi connectivity index (χ0) is 12.4. The molecule has 2 aromatic heterocycles. The lowest BCUT2D eigenvalue weighted by molar-refractivity contribution is 0.690. The molecular weight excluding hydrogens is 240 g/mol. The number of thiophene rings is 1. The Labute approximate surface area is 112 Å². The van der Waals surface area contributed by atoms with Crippen molar-refractivity contribution < 1.29 is 0 Å². The summed E-state index contributed by atoms with van der Waals surface area (Å²) in [6, 6.07) is 6.84. The van der Waals surface area contributed by atoms with Crippen LogP contribution in [-0.4, -0.2) is 12.0 Å². The number of aryl methyl sites for hydroxylation is 2. The molecule has 0 amide bonds. The lowest BCUT2D eigenvalue weighted by Crippen LogP contribution is -2.16. The van der Waals surface area contributed by atoms with E-state index in [4.69, 9.17) is 0 Å². The molecule has 2 nitrogen and oxygen atoms in total. The van der Waals surface area contributed by atoms with Gasteiger partial charge in [0.2, 0.25) is 0 Å². The van der Waals surface area contributed by atoms with Gasteiger partial charge in [0, 0.05) is 22.1 Å². The molecule has 0 saturated heterocycles. The van der Waals surface area contributed by atoms with Gasteiger partial charge in [-0.25, -0.2) is 0 Å². The molecule has 0 aliphatic heterocycles. The van der Waals surface area contributed by atoms with Crippen LogP contribution in [0, 0.1) is 0 Å². The zero-order valence-electron chi connectivity index (χ0n) is 10.6. The Bertz CT molecular complexity index is 495. The van der Waals surface area contributed by atoms with Gasteiger partial charge in [0.05, 0.1) is 6.04 Å². The van der Waals surface area contributed by atoms with Crippen molar-refractivity contribution in [1.82, 2.24) is 10.3 Å². The minimum absolute atomic E-state index is 0.286. The molecule has 0 radical (unpaired) electrons. The van der Waals surface area contributed by atoms with E-state index in [9.17, 15) is 0 Å². The highest BCUT2D eigenvalue weighted by molar-refractivity contribution is 7.12. The van der Waals surface area contributed by atoms with Crippen molar-refractivity contribution in [2.75, 3.05) is 7.05 Å². The first kappa shape index (κ1) is 11.9. The number of nitrogens with zero attached hydrogens (tertiary/aromatic N) is 1. The van der Waals surface area contributed by atoms with Gasteiger partial charge in [0.1, 0.15) is 0 Å². The summed E-state index contributed by atoms with van der Waals surface area (Å²) in [5.74, 6) is 0. The summed E-state index contributed by atoms with van der Waals surface area (Å²) in [5, 5.41) is 3.41. The second-order valence-electron chi connectivity index (χ2n) is 4.81. The van der Waals surface area contributed by atoms with E-state index in [0.717, 1.165) is 0 Å². The van der Waals surface area contributed by atoms with Crippen molar-refractivity contribution in [1.29, 1.82) is 0 Å². The third-order valence-electron chi connectivity index (χ3n) is 3.61. The Kier molecular flexibility index (Phi) is 3.43. The van der Waals surface area contributed by atoms with Gasteiger partial charge >= 0.3 is 0 Å². The van der Waals surface area contributed by atoms with Crippen molar-refractivity contribution in [3.05, 3.63) is 51.5 Å². The van der Waals surface area contributed by atoms with Crippen LogP contribution in [0.25, 0.3) is 0 Å². The fourth-order valence-electron chi connectivity index (χ4n) is 2.68. The molecule has 1 N–H and O–H groups in total. The molecule has 3 heteroatoms. The van der Waals surface area contributed by atoms with Gasteiger partial charge in [-0.1, -0.05) is 6.07 Å². The molecule has 0 spiro atoms. The molecule has 0 fully saturated rings. The quantitative estimate of drug-likeness (QED) is 0.913. The summed E-state index contributed by atoms with van der Waals surface area (Å²) in [5.41, 5.74) is 2.82. The SMILES string of the molecule is CNC(c1cccnc1)c1cc2c(s1)CCCC2. The lowest BCUT2D eigenvalue weighted by Gasteiger charge is -2.14. The van der Waals surface area contributed by atoms with Gasteiger partial charge in [-0.3, -0.25) is 4.98 Å². The number of aromatic nitrogens is 1. The highest BCUT2D eigenvalue weighted by Crippen LogP contribution is 2.34. The van der Waals surface area contributed by atoms with Gasteiger partial charge in [0.15, 0.2) is 0 Å². The fourth-order valence-corrected chi connectivity index (χ4v) is 4.07. The minimum atomic E-state index is 0.286. The minimum Gasteiger partial charge on any atom is -0.309 e. The topological polar surface area (TPSA) is 24.9 Å². The van der Waals surface area contributed by atoms with E-state index in [1.807, 2.05) is 36.8 Å². The second-order valence-corrected chi connectivity index (χ2v) is 5.98. The van der Waals surface area contributed by atoms with Gasteiger partial charge in [-0.15, -0.1) is 11.3 Å². The van der Waals surface area contributed by atoms with E-state index in [1.165, 1.54) is 36.1 Å². The molecule has 2 heterocycles. The number of nitrogens with one attached hydrogen (secondary N) is 1. The molecule has 1 aliphatic carbocycles. The first-order valence-electron chi connectivity index (χ1n) is 6.57. The maximum Gasteiger partial charge on any atom is 0.0683 e. The van der Waals surface area contributed by atoms with E-state index in [2.05, 4.69) is 22.4 Å². The summed E-state index contributed by atoms with van der Waals surface area (Å²) in [7, 11) is 2.02. The largest absolute Gasteiger partial charge is 0.309 e.